The zero-order valence-corrected chi connectivity index (χ0v) is 12.9. The summed E-state index contributed by atoms with van der Waals surface area (Å²) in [4.78, 5) is 0. The second-order valence-corrected chi connectivity index (χ2v) is 6.17. The predicted molar refractivity (Wildman–Crippen MR) is 79.3 cm³/mol. The van der Waals surface area contributed by atoms with Gasteiger partial charge in [0, 0.05) is 0 Å². The number of aromatic nitrogens is 2. The summed E-state index contributed by atoms with van der Waals surface area (Å²) in [5.74, 6) is 1.34. The minimum Gasteiger partial charge on any atom is -0.236 e. The molecule has 0 radical (unpaired) electrons. The molecule has 0 N–H and O–H groups in total. The Hall–Kier alpha value is -1.57. The van der Waals surface area contributed by atoms with E-state index in [1.807, 2.05) is 0 Å². The van der Waals surface area contributed by atoms with Gasteiger partial charge >= 0.3 is 0 Å². The van der Waals surface area contributed by atoms with Crippen LogP contribution in [0.25, 0.3) is 0 Å². The fourth-order valence-corrected chi connectivity index (χ4v) is 3.07. The van der Waals surface area contributed by atoms with Crippen molar-refractivity contribution < 1.29 is 4.57 Å². The van der Waals surface area contributed by atoms with E-state index in [1.165, 1.54) is 17.0 Å². The number of aryl methyl sites for hydroxylation is 2. The van der Waals surface area contributed by atoms with E-state index in [0.717, 1.165) is 0 Å². The quantitative estimate of drug-likeness (QED) is 0.744. The van der Waals surface area contributed by atoms with Crippen molar-refractivity contribution in [1.82, 2.24) is 4.57 Å². The Morgan fingerprint density at radius 3 is 2.37 bits per heavy atom. The third-order valence-corrected chi connectivity index (χ3v) is 3.96. The Kier molecular flexibility index (Phi) is 3.53. The molecule has 1 aromatic carbocycles. The van der Waals surface area contributed by atoms with Gasteiger partial charge in [0.1, 0.15) is 12.4 Å². The molecule has 2 aromatic rings. The monoisotopic (exact) mass is 257 g/mol. The summed E-state index contributed by atoms with van der Waals surface area (Å²) < 4.78 is 4.61. The molecule has 1 heterocycles. The average molecular weight is 257 g/mol. The Labute approximate surface area is 116 Å². The standard InChI is InChI=1S/C17H25N2/c1-13(2)19-12-11-18(6)16(19)17(4,5)15-10-8-7-9-14(15)3/h7-13H,1-6H3/q+1. The molecule has 19 heavy (non-hydrogen) atoms. The Bertz CT molecular complexity index is 577. The van der Waals surface area contributed by atoms with Gasteiger partial charge in [0.15, 0.2) is 0 Å². The lowest BCUT2D eigenvalue weighted by atomic mass is 9.81. The maximum atomic E-state index is 2.37. The van der Waals surface area contributed by atoms with Crippen molar-refractivity contribution in [2.24, 2.45) is 7.05 Å². The van der Waals surface area contributed by atoms with E-state index in [2.05, 4.69) is 87.5 Å². The van der Waals surface area contributed by atoms with Crippen LogP contribution in [0.15, 0.2) is 36.7 Å². The average Bonchev–Trinajstić information content (AvgIpc) is 2.72. The minimum absolute atomic E-state index is 0.00609. The molecule has 0 fully saturated rings. The molecular formula is C17H25N2+. The lowest BCUT2D eigenvalue weighted by molar-refractivity contribution is -0.681. The first-order valence-electron chi connectivity index (χ1n) is 6.98. The molecule has 2 nitrogen and oxygen atoms in total. The van der Waals surface area contributed by atoms with Crippen LogP contribution in [0.5, 0.6) is 0 Å². The number of rotatable bonds is 3. The summed E-state index contributed by atoms with van der Waals surface area (Å²) in [6.45, 7) is 11.3. The molecular weight excluding hydrogens is 232 g/mol. The second kappa shape index (κ2) is 4.84. The molecule has 2 rings (SSSR count). The van der Waals surface area contributed by atoms with Crippen LogP contribution < -0.4 is 4.57 Å². The number of hydrogen-bond acceptors (Lipinski definition) is 0. The summed E-state index contributed by atoms with van der Waals surface area (Å²) in [5.41, 5.74) is 2.74. The van der Waals surface area contributed by atoms with Crippen LogP contribution in [0.1, 0.15) is 50.7 Å². The highest BCUT2D eigenvalue weighted by atomic mass is 15.2. The molecule has 0 unspecified atom stereocenters. The van der Waals surface area contributed by atoms with Gasteiger partial charge in [-0.2, -0.15) is 0 Å². The fraction of sp³-hybridized carbons (Fsp3) is 0.471. The molecule has 0 saturated heterocycles. The van der Waals surface area contributed by atoms with Crippen LogP contribution in [0, 0.1) is 6.92 Å². The van der Waals surface area contributed by atoms with E-state index in [0.29, 0.717) is 6.04 Å². The first-order valence-corrected chi connectivity index (χ1v) is 6.98. The molecule has 0 saturated carbocycles. The van der Waals surface area contributed by atoms with Gasteiger partial charge in [-0.3, -0.25) is 0 Å². The highest BCUT2D eigenvalue weighted by molar-refractivity contribution is 5.36. The first-order chi connectivity index (χ1) is 8.85. The highest BCUT2D eigenvalue weighted by Gasteiger charge is 2.36. The number of nitrogens with zero attached hydrogens (tertiary/aromatic N) is 2. The van der Waals surface area contributed by atoms with Crippen molar-refractivity contribution in [3.05, 3.63) is 53.6 Å². The van der Waals surface area contributed by atoms with E-state index >= 15 is 0 Å². The van der Waals surface area contributed by atoms with E-state index in [4.69, 9.17) is 0 Å². The lowest BCUT2D eigenvalue weighted by Gasteiger charge is -2.25. The predicted octanol–water partition coefficient (Wildman–Crippen LogP) is 3.53. The molecule has 0 bridgehead atoms. The topological polar surface area (TPSA) is 8.81 Å². The summed E-state index contributed by atoms with van der Waals surface area (Å²) in [5, 5.41) is 0. The smallest absolute Gasteiger partial charge is 0.236 e. The van der Waals surface area contributed by atoms with Crippen molar-refractivity contribution in [3.63, 3.8) is 0 Å². The summed E-state index contributed by atoms with van der Waals surface area (Å²) in [6.07, 6.45) is 4.33. The van der Waals surface area contributed by atoms with Crippen LogP contribution >= 0.6 is 0 Å². The van der Waals surface area contributed by atoms with E-state index in [9.17, 15) is 0 Å². The molecule has 102 valence electrons. The van der Waals surface area contributed by atoms with Gasteiger partial charge in [-0.25, -0.2) is 9.13 Å². The molecule has 2 heteroatoms. The van der Waals surface area contributed by atoms with Crippen LogP contribution in [-0.4, -0.2) is 4.57 Å². The highest BCUT2D eigenvalue weighted by Crippen LogP contribution is 2.32. The lowest BCUT2D eigenvalue weighted by Crippen LogP contribution is -2.41. The van der Waals surface area contributed by atoms with E-state index < -0.39 is 0 Å². The Balaban J connectivity index is 2.63. The third-order valence-electron chi connectivity index (χ3n) is 3.96. The molecule has 0 aliphatic carbocycles. The van der Waals surface area contributed by atoms with Crippen molar-refractivity contribution >= 4 is 0 Å². The number of benzene rings is 1. The number of imidazole rings is 1. The van der Waals surface area contributed by atoms with Crippen molar-refractivity contribution in [2.75, 3.05) is 0 Å². The van der Waals surface area contributed by atoms with Gasteiger partial charge in [0.25, 0.3) is 5.82 Å². The minimum atomic E-state index is -0.00609. The van der Waals surface area contributed by atoms with Gasteiger partial charge in [0.05, 0.1) is 18.5 Å². The summed E-state index contributed by atoms with van der Waals surface area (Å²) in [6, 6.07) is 9.15. The summed E-state index contributed by atoms with van der Waals surface area (Å²) in [7, 11) is 2.13. The Morgan fingerprint density at radius 1 is 1.16 bits per heavy atom. The van der Waals surface area contributed by atoms with Crippen molar-refractivity contribution in [1.29, 1.82) is 0 Å². The maximum Gasteiger partial charge on any atom is 0.266 e. The zero-order valence-electron chi connectivity index (χ0n) is 12.9. The van der Waals surface area contributed by atoms with Gasteiger partial charge < -0.3 is 0 Å². The summed E-state index contributed by atoms with van der Waals surface area (Å²) >= 11 is 0. The molecule has 0 spiro atoms. The van der Waals surface area contributed by atoms with Crippen LogP contribution in [0.4, 0.5) is 0 Å². The first kappa shape index (κ1) is 13.9. The van der Waals surface area contributed by atoms with Crippen LogP contribution in [0.3, 0.4) is 0 Å². The molecule has 0 aliphatic heterocycles. The van der Waals surface area contributed by atoms with Gasteiger partial charge in [0.2, 0.25) is 0 Å². The van der Waals surface area contributed by atoms with Crippen LogP contribution in [-0.2, 0) is 12.5 Å². The van der Waals surface area contributed by atoms with E-state index in [-0.39, 0.29) is 5.41 Å². The third kappa shape index (κ3) is 2.32. The van der Waals surface area contributed by atoms with Gasteiger partial charge in [-0.15, -0.1) is 0 Å². The SMILES string of the molecule is Cc1ccccc1C(C)(C)c1n(C(C)C)cc[n+]1C. The number of hydrogen-bond donors (Lipinski definition) is 0. The van der Waals surface area contributed by atoms with Gasteiger partial charge in [-0.05, 0) is 45.7 Å². The largest absolute Gasteiger partial charge is 0.266 e. The molecule has 1 aromatic heterocycles. The fourth-order valence-electron chi connectivity index (χ4n) is 3.07. The van der Waals surface area contributed by atoms with E-state index in [1.54, 1.807) is 0 Å². The van der Waals surface area contributed by atoms with Crippen LogP contribution in [0.2, 0.25) is 0 Å². The normalized spacial score (nSPS) is 12.2. The Morgan fingerprint density at radius 2 is 1.79 bits per heavy atom. The molecule has 0 atom stereocenters. The maximum absolute atomic E-state index is 2.37. The second-order valence-electron chi connectivity index (χ2n) is 6.17. The van der Waals surface area contributed by atoms with Crippen molar-refractivity contribution in [3.8, 4) is 0 Å². The van der Waals surface area contributed by atoms with Crippen molar-refractivity contribution in [2.45, 2.75) is 46.1 Å². The molecule has 0 aliphatic rings. The molecule has 0 amide bonds. The zero-order chi connectivity index (χ0) is 14.2. The van der Waals surface area contributed by atoms with Gasteiger partial charge in [-0.1, -0.05) is 24.3 Å².